The zero-order valence-electron chi connectivity index (χ0n) is 9.03. The third kappa shape index (κ3) is 4.60. The zero-order valence-corrected chi connectivity index (χ0v) is 9.03. The molecule has 0 aliphatic heterocycles. The van der Waals surface area contributed by atoms with Crippen molar-refractivity contribution >= 4 is 0 Å². The monoisotopic (exact) mass is 190 g/mol. The smallest absolute Gasteiger partial charge is 0.106 e. The van der Waals surface area contributed by atoms with E-state index in [4.69, 9.17) is 4.74 Å². The van der Waals surface area contributed by atoms with Crippen molar-refractivity contribution in [1.29, 1.82) is 0 Å². The molecule has 0 spiro atoms. The van der Waals surface area contributed by atoms with Gasteiger partial charge in [0, 0.05) is 7.11 Å². The molecule has 0 saturated carbocycles. The summed E-state index contributed by atoms with van der Waals surface area (Å²) in [6, 6.07) is 0. The second kappa shape index (κ2) is 6.35. The van der Waals surface area contributed by atoms with Crippen molar-refractivity contribution in [3.05, 3.63) is 0 Å². The summed E-state index contributed by atoms with van der Waals surface area (Å²) in [4.78, 5) is 0. The van der Waals surface area contributed by atoms with Gasteiger partial charge in [0.1, 0.15) is 6.10 Å². The largest absolute Gasteiger partial charge is 0.390 e. The summed E-state index contributed by atoms with van der Waals surface area (Å²) in [5.74, 6) is 0.439. The van der Waals surface area contributed by atoms with Crippen LogP contribution >= 0.6 is 0 Å². The lowest BCUT2D eigenvalue weighted by molar-refractivity contribution is -0.0737. The van der Waals surface area contributed by atoms with Crippen LogP contribution in [0.1, 0.15) is 33.6 Å². The van der Waals surface area contributed by atoms with E-state index in [-0.39, 0.29) is 6.10 Å². The molecule has 0 amide bonds. The molecule has 0 heterocycles. The van der Waals surface area contributed by atoms with E-state index in [0.29, 0.717) is 12.3 Å². The molecule has 3 nitrogen and oxygen atoms in total. The van der Waals surface area contributed by atoms with Gasteiger partial charge in [-0.3, -0.25) is 0 Å². The van der Waals surface area contributed by atoms with E-state index in [1.54, 1.807) is 6.92 Å². The Labute approximate surface area is 80.7 Å². The van der Waals surface area contributed by atoms with Gasteiger partial charge in [0.25, 0.3) is 0 Å². The molecule has 0 aliphatic carbocycles. The van der Waals surface area contributed by atoms with Crippen molar-refractivity contribution in [2.75, 3.05) is 7.11 Å². The van der Waals surface area contributed by atoms with Crippen molar-refractivity contribution in [3.63, 3.8) is 0 Å². The molecule has 13 heavy (non-hydrogen) atoms. The number of rotatable bonds is 6. The maximum Gasteiger partial charge on any atom is 0.106 e. The van der Waals surface area contributed by atoms with E-state index >= 15 is 0 Å². The molecule has 0 radical (unpaired) electrons. The first-order valence-corrected chi connectivity index (χ1v) is 4.91. The van der Waals surface area contributed by atoms with Crippen molar-refractivity contribution < 1.29 is 14.9 Å². The molecule has 0 aromatic heterocycles. The summed E-state index contributed by atoms with van der Waals surface area (Å²) in [7, 11) is 1.53. The van der Waals surface area contributed by atoms with Crippen LogP contribution in [0.2, 0.25) is 0 Å². The normalized spacial score (nSPS) is 20.8. The average Bonchev–Trinajstić information content (AvgIpc) is 2.14. The van der Waals surface area contributed by atoms with Crippen LogP contribution in [0.15, 0.2) is 0 Å². The summed E-state index contributed by atoms with van der Waals surface area (Å²) < 4.78 is 4.94. The third-order valence-corrected chi connectivity index (χ3v) is 2.59. The Hall–Kier alpha value is -0.120. The summed E-state index contributed by atoms with van der Waals surface area (Å²) in [6.45, 7) is 5.89. The maximum absolute atomic E-state index is 9.59. The van der Waals surface area contributed by atoms with E-state index in [2.05, 4.69) is 13.8 Å². The summed E-state index contributed by atoms with van der Waals surface area (Å²) in [5.41, 5.74) is 0. The predicted octanol–water partition coefficient (Wildman–Crippen LogP) is 1.18. The minimum atomic E-state index is -0.779. The lowest BCUT2D eigenvalue weighted by Gasteiger charge is -2.24. The van der Waals surface area contributed by atoms with Crippen LogP contribution in [0, 0.1) is 5.92 Å². The standard InChI is InChI=1S/C10H22O3/c1-5-7(2)6-9(11)10(12)8(3)13-4/h7-12H,5-6H2,1-4H3. The number of hydrogen-bond acceptors (Lipinski definition) is 3. The SMILES string of the molecule is CCC(C)CC(O)C(O)C(C)OC. The molecule has 0 saturated heterocycles. The average molecular weight is 190 g/mol. The van der Waals surface area contributed by atoms with Crippen LogP contribution in [0.4, 0.5) is 0 Å². The van der Waals surface area contributed by atoms with Gasteiger partial charge in [-0.2, -0.15) is 0 Å². The molecule has 0 bridgehead atoms. The van der Waals surface area contributed by atoms with Gasteiger partial charge in [-0.25, -0.2) is 0 Å². The van der Waals surface area contributed by atoms with Crippen molar-refractivity contribution in [1.82, 2.24) is 0 Å². The molecule has 2 N–H and O–H groups in total. The fourth-order valence-electron chi connectivity index (χ4n) is 1.17. The molecule has 0 rings (SSSR count). The quantitative estimate of drug-likeness (QED) is 0.661. The highest BCUT2D eigenvalue weighted by Crippen LogP contribution is 2.14. The van der Waals surface area contributed by atoms with Gasteiger partial charge < -0.3 is 14.9 Å². The highest BCUT2D eigenvalue weighted by molar-refractivity contribution is 4.74. The van der Waals surface area contributed by atoms with Crippen LogP contribution in [0.25, 0.3) is 0 Å². The van der Waals surface area contributed by atoms with Gasteiger partial charge >= 0.3 is 0 Å². The Bertz CT molecular complexity index is 127. The van der Waals surface area contributed by atoms with Crippen molar-refractivity contribution in [2.45, 2.75) is 51.9 Å². The zero-order chi connectivity index (χ0) is 10.4. The Kier molecular flexibility index (Phi) is 6.29. The Balaban J connectivity index is 3.87. The molecule has 4 unspecified atom stereocenters. The van der Waals surface area contributed by atoms with E-state index in [1.807, 2.05) is 0 Å². The number of ether oxygens (including phenoxy) is 1. The molecule has 0 aliphatic rings. The van der Waals surface area contributed by atoms with Crippen LogP contribution in [0.5, 0.6) is 0 Å². The Morgan fingerprint density at radius 3 is 2.15 bits per heavy atom. The van der Waals surface area contributed by atoms with Crippen LogP contribution in [0.3, 0.4) is 0 Å². The summed E-state index contributed by atoms with van der Waals surface area (Å²) >= 11 is 0. The fourth-order valence-corrected chi connectivity index (χ4v) is 1.17. The van der Waals surface area contributed by atoms with Gasteiger partial charge in [0.2, 0.25) is 0 Å². The minimum absolute atomic E-state index is 0.306. The lowest BCUT2D eigenvalue weighted by atomic mass is 9.96. The fraction of sp³-hybridized carbons (Fsp3) is 1.00. The molecular formula is C10H22O3. The molecule has 4 atom stereocenters. The van der Waals surface area contributed by atoms with E-state index < -0.39 is 12.2 Å². The first kappa shape index (κ1) is 12.9. The van der Waals surface area contributed by atoms with Crippen LogP contribution in [-0.4, -0.2) is 35.6 Å². The first-order chi connectivity index (χ1) is 6.02. The molecule has 3 heteroatoms. The van der Waals surface area contributed by atoms with Crippen molar-refractivity contribution in [3.8, 4) is 0 Å². The van der Waals surface area contributed by atoms with Gasteiger partial charge in [-0.15, -0.1) is 0 Å². The summed E-state index contributed by atoms with van der Waals surface area (Å²) in [6.07, 6.45) is -0.112. The summed E-state index contributed by atoms with van der Waals surface area (Å²) in [5, 5.41) is 19.1. The predicted molar refractivity (Wildman–Crippen MR) is 52.6 cm³/mol. The van der Waals surface area contributed by atoms with Gasteiger partial charge in [0.15, 0.2) is 0 Å². The van der Waals surface area contributed by atoms with Gasteiger partial charge in [-0.05, 0) is 19.3 Å². The van der Waals surface area contributed by atoms with Crippen LogP contribution in [-0.2, 0) is 4.74 Å². The molecule has 0 aromatic carbocycles. The highest BCUT2D eigenvalue weighted by atomic mass is 16.5. The Morgan fingerprint density at radius 2 is 1.77 bits per heavy atom. The number of aliphatic hydroxyl groups excluding tert-OH is 2. The molecule has 0 fully saturated rings. The number of aliphatic hydroxyl groups is 2. The minimum Gasteiger partial charge on any atom is -0.390 e. The van der Waals surface area contributed by atoms with Gasteiger partial charge in [-0.1, -0.05) is 20.3 Å². The molecule has 0 aromatic rings. The van der Waals surface area contributed by atoms with Crippen molar-refractivity contribution in [2.24, 2.45) is 5.92 Å². The van der Waals surface area contributed by atoms with E-state index in [9.17, 15) is 10.2 Å². The number of methoxy groups -OCH3 is 1. The highest BCUT2D eigenvalue weighted by Gasteiger charge is 2.23. The van der Waals surface area contributed by atoms with E-state index in [0.717, 1.165) is 6.42 Å². The Morgan fingerprint density at radius 1 is 1.23 bits per heavy atom. The maximum atomic E-state index is 9.59. The first-order valence-electron chi connectivity index (χ1n) is 4.91. The molecular weight excluding hydrogens is 168 g/mol. The second-order valence-corrected chi connectivity index (χ2v) is 3.75. The van der Waals surface area contributed by atoms with E-state index in [1.165, 1.54) is 7.11 Å². The third-order valence-electron chi connectivity index (χ3n) is 2.59. The molecule has 80 valence electrons. The van der Waals surface area contributed by atoms with Crippen LogP contribution < -0.4 is 0 Å². The van der Waals surface area contributed by atoms with Gasteiger partial charge in [0.05, 0.1) is 12.2 Å². The number of hydrogen-bond donors (Lipinski definition) is 2. The lowest BCUT2D eigenvalue weighted by Crippen LogP contribution is -2.37. The topological polar surface area (TPSA) is 49.7 Å². The second-order valence-electron chi connectivity index (χ2n) is 3.75.